The predicted molar refractivity (Wildman–Crippen MR) is 53.8 cm³/mol. The Bertz CT molecular complexity index is 341. The van der Waals surface area contributed by atoms with Crippen molar-refractivity contribution in [1.82, 2.24) is 0 Å². The van der Waals surface area contributed by atoms with Crippen molar-refractivity contribution in [3.05, 3.63) is 34.6 Å². The average Bonchev–Trinajstić information content (AvgIpc) is 2.12. The van der Waals surface area contributed by atoms with Gasteiger partial charge in [0.05, 0.1) is 5.02 Å². The summed E-state index contributed by atoms with van der Waals surface area (Å²) in [6.07, 6.45) is 0.603. The third-order valence-electron chi connectivity index (χ3n) is 1.81. The lowest BCUT2D eigenvalue weighted by molar-refractivity contribution is -0.118. The van der Waals surface area contributed by atoms with Crippen LogP contribution in [0.1, 0.15) is 12.0 Å². The van der Waals surface area contributed by atoms with E-state index in [-0.39, 0.29) is 17.2 Å². The fourth-order valence-corrected chi connectivity index (χ4v) is 1.33. The van der Waals surface area contributed by atoms with Crippen LogP contribution >= 0.6 is 11.6 Å². The normalized spacial score (nSPS) is 10.2. The number of nitrogens with two attached hydrogens (primary N) is 1. The number of hydrogen-bond donors (Lipinski definition) is 1. The number of benzene rings is 1. The molecule has 76 valence electrons. The molecule has 0 atom stereocenters. The average molecular weight is 216 g/mol. The van der Waals surface area contributed by atoms with Crippen molar-refractivity contribution < 1.29 is 9.18 Å². The lowest BCUT2D eigenvalue weighted by Gasteiger charge is -2.01. The smallest absolute Gasteiger partial charge is 0.141 e. The lowest BCUT2D eigenvalue weighted by Crippen LogP contribution is -2.10. The second-order valence-corrected chi connectivity index (χ2v) is 3.41. The molecule has 2 nitrogen and oxygen atoms in total. The van der Waals surface area contributed by atoms with Gasteiger partial charge in [0, 0.05) is 12.8 Å². The van der Waals surface area contributed by atoms with Crippen molar-refractivity contribution in [3.63, 3.8) is 0 Å². The molecule has 1 rings (SSSR count). The Morgan fingerprint density at radius 3 is 2.79 bits per heavy atom. The van der Waals surface area contributed by atoms with E-state index in [1.807, 2.05) is 0 Å². The van der Waals surface area contributed by atoms with E-state index in [1.54, 1.807) is 6.07 Å². The molecule has 0 unspecified atom stereocenters. The molecule has 0 amide bonds. The SMILES string of the molecule is NCCC(=O)Cc1ccc(F)c(Cl)c1. The van der Waals surface area contributed by atoms with Crippen molar-refractivity contribution in [2.75, 3.05) is 6.54 Å². The summed E-state index contributed by atoms with van der Waals surface area (Å²) in [6, 6.07) is 4.27. The van der Waals surface area contributed by atoms with Gasteiger partial charge >= 0.3 is 0 Å². The van der Waals surface area contributed by atoms with Gasteiger partial charge < -0.3 is 5.73 Å². The molecular weight excluding hydrogens is 205 g/mol. The van der Waals surface area contributed by atoms with E-state index in [0.717, 1.165) is 5.56 Å². The van der Waals surface area contributed by atoms with E-state index in [4.69, 9.17) is 17.3 Å². The molecular formula is C10H11ClFNO. The Morgan fingerprint density at radius 2 is 2.21 bits per heavy atom. The zero-order valence-corrected chi connectivity index (χ0v) is 8.35. The van der Waals surface area contributed by atoms with Gasteiger partial charge in [-0.3, -0.25) is 4.79 Å². The molecule has 0 aliphatic carbocycles. The molecule has 0 fully saturated rings. The first kappa shape index (κ1) is 11.1. The number of hydrogen-bond acceptors (Lipinski definition) is 2. The maximum atomic E-state index is 12.7. The van der Waals surface area contributed by atoms with Gasteiger partial charge in [-0.1, -0.05) is 17.7 Å². The van der Waals surface area contributed by atoms with Gasteiger partial charge in [-0.15, -0.1) is 0 Å². The summed E-state index contributed by atoms with van der Waals surface area (Å²) < 4.78 is 12.7. The highest BCUT2D eigenvalue weighted by Crippen LogP contribution is 2.16. The first-order chi connectivity index (χ1) is 6.63. The molecule has 4 heteroatoms. The molecule has 0 radical (unpaired) electrons. The minimum Gasteiger partial charge on any atom is -0.330 e. The van der Waals surface area contributed by atoms with E-state index in [0.29, 0.717) is 13.0 Å². The lowest BCUT2D eigenvalue weighted by atomic mass is 10.1. The second kappa shape index (κ2) is 5.08. The number of Topliss-reactive ketones (excluding diaryl/α,β-unsaturated/α-hetero) is 1. The molecule has 0 saturated carbocycles. The maximum absolute atomic E-state index is 12.7. The Labute approximate surface area is 86.9 Å². The highest BCUT2D eigenvalue weighted by molar-refractivity contribution is 6.30. The molecule has 1 aromatic carbocycles. The van der Waals surface area contributed by atoms with Crippen molar-refractivity contribution in [2.45, 2.75) is 12.8 Å². The van der Waals surface area contributed by atoms with Crippen molar-refractivity contribution in [3.8, 4) is 0 Å². The van der Waals surface area contributed by atoms with E-state index in [2.05, 4.69) is 0 Å². The van der Waals surface area contributed by atoms with Crippen LogP contribution in [-0.4, -0.2) is 12.3 Å². The quantitative estimate of drug-likeness (QED) is 0.834. The summed E-state index contributed by atoms with van der Waals surface area (Å²) >= 11 is 5.56. The Morgan fingerprint density at radius 1 is 1.50 bits per heavy atom. The number of carbonyl (C=O) groups is 1. The molecule has 0 spiro atoms. The molecule has 0 bridgehead atoms. The number of halogens is 2. The molecule has 0 heterocycles. The summed E-state index contributed by atoms with van der Waals surface area (Å²) in [7, 11) is 0. The molecule has 0 aliphatic rings. The highest BCUT2D eigenvalue weighted by atomic mass is 35.5. The predicted octanol–water partition coefficient (Wildman–Crippen LogP) is 1.94. The Balaban J connectivity index is 2.68. The minimum atomic E-state index is -0.471. The van der Waals surface area contributed by atoms with Crippen molar-refractivity contribution >= 4 is 17.4 Å². The van der Waals surface area contributed by atoms with Gasteiger partial charge in [0.15, 0.2) is 0 Å². The fourth-order valence-electron chi connectivity index (χ4n) is 1.13. The Hall–Kier alpha value is -0.930. The standard InChI is InChI=1S/C10H11ClFNO/c11-9-6-7(1-2-10(9)12)5-8(14)3-4-13/h1-2,6H,3-5,13H2. The first-order valence-electron chi connectivity index (χ1n) is 4.29. The maximum Gasteiger partial charge on any atom is 0.141 e. The van der Waals surface area contributed by atoms with Crippen LogP contribution in [0.2, 0.25) is 5.02 Å². The van der Waals surface area contributed by atoms with E-state index >= 15 is 0 Å². The van der Waals surface area contributed by atoms with Crippen LogP contribution in [-0.2, 0) is 11.2 Å². The summed E-state index contributed by atoms with van der Waals surface area (Å²) in [5.41, 5.74) is 5.95. The van der Waals surface area contributed by atoms with E-state index in [9.17, 15) is 9.18 Å². The van der Waals surface area contributed by atoms with Crippen molar-refractivity contribution in [1.29, 1.82) is 0 Å². The van der Waals surface area contributed by atoms with Gasteiger partial charge in [0.1, 0.15) is 11.6 Å². The van der Waals surface area contributed by atoms with Gasteiger partial charge in [-0.2, -0.15) is 0 Å². The Kier molecular flexibility index (Phi) is 4.04. The third kappa shape index (κ3) is 3.09. The summed E-state index contributed by atoms with van der Waals surface area (Å²) in [5.74, 6) is -0.433. The molecule has 2 N–H and O–H groups in total. The monoisotopic (exact) mass is 215 g/mol. The fraction of sp³-hybridized carbons (Fsp3) is 0.300. The highest BCUT2D eigenvalue weighted by Gasteiger charge is 2.05. The van der Waals surface area contributed by atoms with Gasteiger partial charge in [0.25, 0.3) is 0 Å². The zero-order chi connectivity index (χ0) is 10.6. The van der Waals surface area contributed by atoms with E-state index < -0.39 is 5.82 Å². The first-order valence-corrected chi connectivity index (χ1v) is 4.67. The number of rotatable bonds is 4. The van der Waals surface area contributed by atoms with Crippen LogP contribution in [0.5, 0.6) is 0 Å². The minimum absolute atomic E-state index is 0.0372. The van der Waals surface area contributed by atoms with Gasteiger partial charge in [0.2, 0.25) is 0 Å². The zero-order valence-electron chi connectivity index (χ0n) is 7.59. The number of ketones is 1. The molecule has 0 saturated heterocycles. The van der Waals surface area contributed by atoms with Gasteiger partial charge in [-0.05, 0) is 24.2 Å². The molecule has 1 aromatic rings. The molecule has 0 aliphatic heterocycles. The van der Waals surface area contributed by atoms with Crippen molar-refractivity contribution in [2.24, 2.45) is 5.73 Å². The largest absolute Gasteiger partial charge is 0.330 e. The van der Waals surface area contributed by atoms with Crippen LogP contribution in [0.15, 0.2) is 18.2 Å². The summed E-state index contributed by atoms with van der Waals surface area (Å²) in [6.45, 7) is 0.341. The van der Waals surface area contributed by atoms with E-state index in [1.165, 1.54) is 12.1 Å². The summed E-state index contributed by atoms with van der Waals surface area (Å²) in [4.78, 5) is 11.2. The van der Waals surface area contributed by atoms with Crippen LogP contribution in [0.3, 0.4) is 0 Å². The molecule has 0 aromatic heterocycles. The van der Waals surface area contributed by atoms with Gasteiger partial charge in [-0.25, -0.2) is 4.39 Å². The van der Waals surface area contributed by atoms with Crippen LogP contribution in [0.4, 0.5) is 4.39 Å². The van der Waals surface area contributed by atoms with Crippen LogP contribution < -0.4 is 5.73 Å². The van der Waals surface area contributed by atoms with Crippen LogP contribution in [0.25, 0.3) is 0 Å². The topological polar surface area (TPSA) is 43.1 Å². The van der Waals surface area contributed by atoms with Crippen LogP contribution in [0, 0.1) is 5.82 Å². The summed E-state index contributed by atoms with van der Waals surface area (Å²) in [5, 5.41) is 0.0445. The third-order valence-corrected chi connectivity index (χ3v) is 2.10. The second-order valence-electron chi connectivity index (χ2n) is 3.00. The number of carbonyl (C=O) groups excluding carboxylic acids is 1. The molecule has 14 heavy (non-hydrogen) atoms.